The first-order valence-corrected chi connectivity index (χ1v) is 10.2. The number of carbonyl (C=O) groups excluding carboxylic acids is 2. The number of nitrogens with one attached hydrogen (secondary N) is 3. The van der Waals surface area contributed by atoms with Gasteiger partial charge in [-0.15, -0.1) is 12.4 Å². The molecular formula is C23H27ClFN3O2. The lowest BCUT2D eigenvalue weighted by atomic mass is 9.89. The average Bonchev–Trinajstić information content (AvgIpc) is 3.03. The molecule has 7 heteroatoms. The summed E-state index contributed by atoms with van der Waals surface area (Å²) >= 11 is 0. The van der Waals surface area contributed by atoms with Crippen molar-refractivity contribution < 1.29 is 14.0 Å². The second kappa shape index (κ2) is 10.0. The first-order valence-electron chi connectivity index (χ1n) is 10.2. The summed E-state index contributed by atoms with van der Waals surface area (Å²) in [6, 6.07) is 14.6. The molecule has 0 radical (unpaired) electrons. The Morgan fingerprint density at radius 1 is 0.967 bits per heavy atom. The molecule has 0 spiro atoms. The number of halogens is 2. The van der Waals surface area contributed by atoms with Gasteiger partial charge in [-0.2, -0.15) is 0 Å². The summed E-state index contributed by atoms with van der Waals surface area (Å²) in [6.07, 6.45) is 5.11. The number of fused-ring (bicyclic) bond motifs is 2. The quantitative estimate of drug-likeness (QED) is 0.639. The van der Waals surface area contributed by atoms with Crippen LogP contribution in [0.4, 0.5) is 15.8 Å². The summed E-state index contributed by atoms with van der Waals surface area (Å²) in [6.45, 7) is 0. The van der Waals surface area contributed by atoms with E-state index in [0.29, 0.717) is 30.1 Å². The normalized spacial score (nSPS) is 22.1. The highest BCUT2D eigenvalue weighted by Crippen LogP contribution is 2.33. The summed E-state index contributed by atoms with van der Waals surface area (Å²) in [4.78, 5) is 24.7. The van der Waals surface area contributed by atoms with Gasteiger partial charge in [0.1, 0.15) is 5.82 Å². The first-order chi connectivity index (χ1) is 14.0. The van der Waals surface area contributed by atoms with Crippen LogP contribution in [-0.2, 0) is 16.0 Å². The molecule has 2 aromatic rings. The van der Waals surface area contributed by atoms with E-state index in [-0.39, 0.29) is 36.3 Å². The highest BCUT2D eigenvalue weighted by atomic mass is 35.5. The van der Waals surface area contributed by atoms with E-state index >= 15 is 0 Å². The molecule has 2 aromatic carbocycles. The van der Waals surface area contributed by atoms with E-state index in [2.05, 4.69) is 16.0 Å². The molecule has 2 unspecified atom stereocenters. The minimum Gasteiger partial charge on any atom is -0.326 e. The Bertz CT molecular complexity index is 881. The van der Waals surface area contributed by atoms with Gasteiger partial charge in [-0.3, -0.25) is 9.59 Å². The van der Waals surface area contributed by atoms with Gasteiger partial charge in [0.15, 0.2) is 0 Å². The monoisotopic (exact) mass is 431 g/mol. The largest absolute Gasteiger partial charge is 0.326 e. The maximum absolute atomic E-state index is 14.1. The van der Waals surface area contributed by atoms with E-state index in [1.165, 1.54) is 31.0 Å². The van der Waals surface area contributed by atoms with Crippen molar-refractivity contribution in [3.63, 3.8) is 0 Å². The van der Waals surface area contributed by atoms with Gasteiger partial charge < -0.3 is 16.0 Å². The highest BCUT2D eigenvalue weighted by molar-refractivity contribution is 5.95. The van der Waals surface area contributed by atoms with Crippen molar-refractivity contribution in [1.29, 1.82) is 0 Å². The molecule has 0 aromatic heterocycles. The van der Waals surface area contributed by atoms with Crippen molar-refractivity contribution in [2.75, 3.05) is 10.6 Å². The van der Waals surface area contributed by atoms with Crippen molar-refractivity contribution in [2.24, 2.45) is 5.92 Å². The summed E-state index contributed by atoms with van der Waals surface area (Å²) < 4.78 is 14.1. The van der Waals surface area contributed by atoms with Gasteiger partial charge in [-0.1, -0.05) is 30.3 Å². The van der Waals surface area contributed by atoms with Crippen molar-refractivity contribution in [3.8, 4) is 0 Å². The lowest BCUT2D eigenvalue weighted by Gasteiger charge is -2.28. The molecule has 2 saturated heterocycles. The van der Waals surface area contributed by atoms with Crippen LogP contribution >= 0.6 is 12.4 Å². The molecule has 2 amide bonds. The van der Waals surface area contributed by atoms with Gasteiger partial charge in [0.05, 0.1) is 12.1 Å². The minimum atomic E-state index is -0.528. The molecule has 2 atom stereocenters. The second-order valence-corrected chi connectivity index (χ2v) is 8.13. The Balaban J connectivity index is 0.00000256. The standard InChI is InChI=1S/C23H26FN3O2.ClH/c24-20-9-8-19(14-21(20)27-23(29)12-15-4-2-1-3-5-15)26-22(28)13-16-10-17-6-7-18(11-16)25-17;/h1-5,8-9,14,16-18,25H,6-7,10-13H2,(H,26,28)(H,27,29);1H. The fraction of sp³-hybridized carbons (Fsp3) is 0.391. The number of amides is 2. The minimum absolute atomic E-state index is 0. The SMILES string of the molecule is Cl.O=C(CC1CC2CCC(C1)N2)Nc1ccc(F)c(NC(=O)Cc2ccccc2)c1. The molecule has 30 heavy (non-hydrogen) atoms. The van der Waals surface area contributed by atoms with E-state index in [1.54, 1.807) is 0 Å². The summed E-state index contributed by atoms with van der Waals surface area (Å²) in [5.41, 5.74) is 1.41. The van der Waals surface area contributed by atoms with Crippen LogP contribution in [-0.4, -0.2) is 23.9 Å². The van der Waals surface area contributed by atoms with Crippen LogP contribution in [0.15, 0.2) is 48.5 Å². The molecular weight excluding hydrogens is 405 g/mol. The van der Waals surface area contributed by atoms with Gasteiger partial charge in [0.25, 0.3) is 0 Å². The Morgan fingerprint density at radius 2 is 1.67 bits per heavy atom. The van der Waals surface area contributed by atoms with Gasteiger partial charge >= 0.3 is 0 Å². The predicted octanol–water partition coefficient (Wildman–Crippen LogP) is 4.29. The van der Waals surface area contributed by atoms with E-state index in [1.807, 2.05) is 30.3 Å². The Labute approximate surface area is 182 Å². The number of hydrogen-bond donors (Lipinski definition) is 3. The van der Waals surface area contributed by atoms with Crippen LogP contribution in [0.2, 0.25) is 0 Å². The van der Waals surface area contributed by atoms with Crippen LogP contribution < -0.4 is 16.0 Å². The summed E-state index contributed by atoms with van der Waals surface area (Å²) in [5, 5.41) is 9.03. The first kappa shape index (κ1) is 22.2. The molecule has 3 N–H and O–H groups in total. The molecule has 2 heterocycles. The number of benzene rings is 2. The van der Waals surface area contributed by atoms with Gasteiger partial charge in [-0.25, -0.2) is 4.39 Å². The number of hydrogen-bond acceptors (Lipinski definition) is 3. The number of anilines is 2. The van der Waals surface area contributed by atoms with Crippen LogP contribution in [0, 0.1) is 11.7 Å². The summed E-state index contributed by atoms with van der Waals surface area (Å²) in [5.74, 6) is -0.508. The third-order valence-corrected chi connectivity index (χ3v) is 5.78. The van der Waals surface area contributed by atoms with Crippen molar-refractivity contribution >= 4 is 35.6 Å². The van der Waals surface area contributed by atoms with Crippen molar-refractivity contribution in [1.82, 2.24) is 5.32 Å². The molecule has 2 bridgehead atoms. The lowest BCUT2D eigenvalue weighted by Crippen LogP contribution is -2.39. The maximum Gasteiger partial charge on any atom is 0.228 e. The molecule has 160 valence electrons. The highest BCUT2D eigenvalue weighted by Gasteiger charge is 2.34. The fourth-order valence-corrected chi connectivity index (χ4v) is 4.49. The molecule has 2 fully saturated rings. The molecule has 2 aliphatic rings. The summed E-state index contributed by atoms with van der Waals surface area (Å²) in [7, 11) is 0. The molecule has 5 nitrogen and oxygen atoms in total. The van der Waals surface area contributed by atoms with Crippen molar-refractivity contribution in [3.05, 3.63) is 59.9 Å². The Hall–Kier alpha value is -2.44. The number of rotatable bonds is 6. The van der Waals surface area contributed by atoms with E-state index in [9.17, 15) is 14.0 Å². The Morgan fingerprint density at radius 3 is 2.37 bits per heavy atom. The second-order valence-electron chi connectivity index (χ2n) is 8.13. The fourth-order valence-electron chi connectivity index (χ4n) is 4.49. The van der Waals surface area contributed by atoms with E-state index in [0.717, 1.165) is 18.4 Å². The predicted molar refractivity (Wildman–Crippen MR) is 118 cm³/mol. The molecule has 2 aliphatic heterocycles. The maximum atomic E-state index is 14.1. The number of carbonyl (C=O) groups is 2. The molecule has 4 rings (SSSR count). The zero-order valence-electron chi connectivity index (χ0n) is 16.7. The average molecular weight is 432 g/mol. The number of piperidine rings is 1. The van der Waals surface area contributed by atoms with Crippen LogP contribution in [0.5, 0.6) is 0 Å². The smallest absolute Gasteiger partial charge is 0.228 e. The zero-order valence-corrected chi connectivity index (χ0v) is 17.5. The third-order valence-electron chi connectivity index (χ3n) is 5.78. The van der Waals surface area contributed by atoms with E-state index in [4.69, 9.17) is 0 Å². The third kappa shape index (κ3) is 5.80. The van der Waals surface area contributed by atoms with Crippen molar-refractivity contribution in [2.45, 2.75) is 50.6 Å². The van der Waals surface area contributed by atoms with Crippen LogP contribution in [0.1, 0.15) is 37.7 Å². The van der Waals surface area contributed by atoms with Gasteiger partial charge in [-0.05, 0) is 55.4 Å². The Kier molecular flexibility index (Phi) is 7.45. The molecule has 0 aliphatic carbocycles. The zero-order chi connectivity index (χ0) is 20.2. The lowest BCUT2D eigenvalue weighted by molar-refractivity contribution is -0.117. The van der Waals surface area contributed by atoms with Crippen LogP contribution in [0.3, 0.4) is 0 Å². The van der Waals surface area contributed by atoms with Gasteiger partial charge in [0, 0.05) is 24.2 Å². The molecule has 0 saturated carbocycles. The topological polar surface area (TPSA) is 70.2 Å². The van der Waals surface area contributed by atoms with Gasteiger partial charge in [0.2, 0.25) is 11.8 Å². The van der Waals surface area contributed by atoms with Crippen LogP contribution in [0.25, 0.3) is 0 Å². The van der Waals surface area contributed by atoms with E-state index < -0.39 is 5.82 Å².